The highest BCUT2D eigenvalue weighted by molar-refractivity contribution is 7.12. The van der Waals surface area contributed by atoms with Crippen molar-refractivity contribution in [1.29, 1.82) is 0 Å². The van der Waals surface area contributed by atoms with Crippen LogP contribution >= 0.6 is 11.3 Å². The Morgan fingerprint density at radius 3 is 2.76 bits per heavy atom. The summed E-state index contributed by atoms with van der Waals surface area (Å²) in [6.45, 7) is 1.42. The van der Waals surface area contributed by atoms with Gasteiger partial charge in [-0.05, 0) is 53.6 Å². The van der Waals surface area contributed by atoms with Crippen LogP contribution in [0, 0.1) is 0 Å². The van der Waals surface area contributed by atoms with Crippen LogP contribution in [0.4, 0.5) is 0 Å². The van der Waals surface area contributed by atoms with Gasteiger partial charge in [0.2, 0.25) is 5.91 Å². The molecule has 1 atom stereocenters. The zero-order valence-corrected chi connectivity index (χ0v) is 17.0. The number of likely N-dealkylation sites (tertiary alicyclic amines) is 1. The number of carbonyl (C=O) groups is 2. The van der Waals surface area contributed by atoms with Gasteiger partial charge in [0.15, 0.2) is 0 Å². The Morgan fingerprint density at radius 2 is 1.93 bits per heavy atom. The highest BCUT2D eigenvalue weighted by Gasteiger charge is 2.32. The summed E-state index contributed by atoms with van der Waals surface area (Å²) in [7, 11) is 0. The van der Waals surface area contributed by atoms with Crippen LogP contribution in [-0.4, -0.2) is 42.5 Å². The first kappa shape index (κ1) is 19.5. The lowest BCUT2D eigenvalue weighted by atomic mass is 10.0. The maximum atomic E-state index is 12.7. The van der Waals surface area contributed by atoms with E-state index in [1.54, 1.807) is 4.90 Å². The largest absolute Gasteiger partial charge is 0.492 e. The van der Waals surface area contributed by atoms with Gasteiger partial charge in [0, 0.05) is 6.54 Å². The minimum Gasteiger partial charge on any atom is -0.492 e. The zero-order valence-electron chi connectivity index (χ0n) is 16.2. The Bertz CT molecular complexity index is 987. The maximum Gasteiger partial charge on any atom is 0.264 e. The predicted molar refractivity (Wildman–Crippen MR) is 115 cm³/mol. The third kappa shape index (κ3) is 4.59. The van der Waals surface area contributed by atoms with Gasteiger partial charge in [-0.2, -0.15) is 0 Å². The topological polar surface area (TPSA) is 58.6 Å². The van der Waals surface area contributed by atoms with Crippen molar-refractivity contribution in [3.63, 3.8) is 0 Å². The molecule has 1 aromatic heterocycles. The molecule has 2 amide bonds. The van der Waals surface area contributed by atoms with Gasteiger partial charge in [-0.3, -0.25) is 9.59 Å². The van der Waals surface area contributed by atoms with Crippen LogP contribution in [0.2, 0.25) is 0 Å². The van der Waals surface area contributed by atoms with Gasteiger partial charge in [0.05, 0.1) is 11.4 Å². The molecule has 6 heteroatoms. The Labute approximate surface area is 174 Å². The van der Waals surface area contributed by atoms with Crippen molar-refractivity contribution in [3.05, 3.63) is 64.9 Å². The van der Waals surface area contributed by atoms with Crippen LogP contribution in [-0.2, 0) is 4.79 Å². The van der Waals surface area contributed by atoms with Crippen molar-refractivity contribution < 1.29 is 14.3 Å². The van der Waals surface area contributed by atoms with Crippen LogP contribution in [0.15, 0.2) is 60.0 Å². The van der Waals surface area contributed by atoms with Crippen molar-refractivity contribution in [3.8, 4) is 5.75 Å². The highest BCUT2D eigenvalue weighted by Crippen LogP contribution is 2.22. The Balaban J connectivity index is 1.30. The molecule has 0 unspecified atom stereocenters. The second-order valence-corrected chi connectivity index (χ2v) is 8.08. The minimum atomic E-state index is -0.404. The van der Waals surface area contributed by atoms with Gasteiger partial charge in [0.25, 0.3) is 5.91 Å². The van der Waals surface area contributed by atoms with Crippen LogP contribution in [0.25, 0.3) is 10.8 Å². The third-order valence-electron chi connectivity index (χ3n) is 5.19. The summed E-state index contributed by atoms with van der Waals surface area (Å²) in [5.74, 6) is 0.633. The standard InChI is InChI=1S/C23H24N2O3S/c26-22(20-8-3-4-13-25(20)23(27)21-9-5-15-29-21)24-12-14-28-19-11-10-17-6-1-2-7-18(17)16-19/h1-2,5-7,9-11,15-16,20H,3-4,8,12-14H2,(H,24,26)/t20-/m0/s1. The number of benzene rings is 2. The van der Waals surface area contributed by atoms with E-state index in [1.807, 2.05) is 53.9 Å². The summed E-state index contributed by atoms with van der Waals surface area (Å²) in [6.07, 6.45) is 2.60. The monoisotopic (exact) mass is 408 g/mol. The normalized spacial score (nSPS) is 16.6. The van der Waals surface area contributed by atoms with Crippen molar-refractivity contribution >= 4 is 33.9 Å². The first-order valence-corrected chi connectivity index (χ1v) is 10.8. The fourth-order valence-corrected chi connectivity index (χ4v) is 4.39. The molecular weight excluding hydrogens is 384 g/mol. The Morgan fingerprint density at radius 1 is 1.07 bits per heavy atom. The molecule has 2 aromatic carbocycles. The molecule has 0 bridgehead atoms. The Kier molecular flexibility index (Phi) is 6.10. The van der Waals surface area contributed by atoms with Gasteiger partial charge in [0.1, 0.15) is 18.4 Å². The summed E-state index contributed by atoms with van der Waals surface area (Å²) in [5.41, 5.74) is 0. The van der Waals surface area contributed by atoms with Crippen LogP contribution in [0.1, 0.15) is 28.9 Å². The van der Waals surface area contributed by atoms with E-state index in [2.05, 4.69) is 11.4 Å². The lowest BCUT2D eigenvalue weighted by Gasteiger charge is -2.34. The Hall–Kier alpha value is -2.86. The predicted octanol–water partition coefficient (Wildman–Crippen LogP) is 4.09. The van der Waals surface area contributed by atoms with Crippen molar-refractivity contribution in [2.45, 2.75) is 25.3 Å². The van der Waals surface area contributed by atoms with Crippen molar-refractivity contribution in [2.24, 2.45) is 0 Å². The van der Waals surface area contributed by atoms with E-state index in [0.717, 1.165) is 24.0 Å². The molecule has 1 fully saturated rings. The molecule has 4 rings (SSSR count). The summed E-state index contributed by atoms with van der Waals surface area (Å²) in [4.78, 5) is 27.8. The molecular formula is C23H24N2O3S. The second-order valence-electron chi connectivity index (χ2n) is 7.14. The van der Waals surface area contributed by atoms with Crippen LogP contribution < -0.4 is 10.1 Å². The number of fused-ring (bicyclic) bond motifs is 1. The van der Waals surface area contributed by atoms with Crippen molar-refractivity contribution in [2.75, 3.05) is 19.7 Å². The summed E-state index contributed by atoms with van der Waals surface area (Å²) < 4.78 is 5.79. The average molecular weight is 409 g/mol. The third-order valence-corrected chi connectivity index (χ3v) is 6.05. The summed E-state index contributed by atoms with van der Waals surface area (Å²) >= 11 is 1.42. The molecule has 1 saturated heterocycles. The fraction of sp³-hybridized carbons (Fsp3) is 0.304. The molecule has 2 heterocycles. The first-order valence-electron chi connectivity index (χ1n) is 9.96. The molecule has 0 saturated carbocycles. The zero-order chi connectivity index (χ0) is 20.1. The van der Waals surface area contributed by atoms with E-state index < -0.39 is 6.04 Å². The van der Waals surface area contributed by atoms with Crippen molar-refractivity contribution in [1.82, 2.24) is 10.2 Å². The number of carbonyl (C=O) groups excluding carboxylic acids is 2. The smallest absolute Gasteiger partial charge is 0.264 e. The maximum absolute atomic E-state index is 12.7. The first-order chi connectivity index (χ1) is 14.2. The van der Waals surface area contributed by atoms with Gasteiger partial charge in [-0.25, -0.2) is 0 Å². The fourth-order valence-electron chi connectivity index (χ4n) is 3.71. The molecule has 1 N–H and O–H groups in total. The number of nitrogens with one attached hydrogen (secondary N) is 1. The van der Waals surface area contributed by atoms with E-state index in [4.69, 9.17) is 4.74 Å². The minimum absolute atomic E-state index is 0.0488. The second kappa shape index (κ2) is 9.09. The number of amides is 2. The highest BCUT2D eigenvalue weighted by atomic mass is 32.1. The summed E-state index contributed by atoms with van der Waals surface area (Å²) in [6, 6.07) is 17.4. The lowest BCUT2D eigenvalue weighted by molar-refractivity contribution is -0.126. The van der Waals surface area contributed by atoms with E-state index in [9.17, 15) is 9.59 Å². The number of rotatable bonds is 6. The number of thiophene rings is 1. The number of hydrogen-bond acceptors (Lipinski definition) is 4. The van der Waals surface area contributed by atoms with E-state index in [1.165, 1.54) is 16.7 Å². The molecule has 1 aliphatic heterocycles. The van der Waals surface area contributed by atoms with Gasteiger partial charge in [-0.1, -0.05) is 36.4 Å². The number of piperidine rings is 1. The van der Waals surface area contributed by atoms with E-state index >= 15 is 0 Å². The molecule has 0 spiro atoms. The van der Waals surface area contributed by atoms with Gasteiger partial charge >= 0.3 is 0 Å². The molecule has 150 valence electrons. The lowest BCUT2D eigenvalue weighted by Crippen LogP contribution is -2.52. The average Bonchev–Trinajstić information content (AvgIpc) is 3.31. The molecule has 0 aliphatic carbocycles. The number of hydrogen-bond donors (Lipinski definition) is 1. The SMILES string of the molecule is O=C(NCCOc1ccc2ccccc2c1)[C@@H]1CCCCN1C(=O)c1cccs1. The number of nitrogens with zero attached hydrogens (tertiary/aromatic N) is 1. The van der Waals surface area contributed by atoms with Gasteiger partial charge < -0.3 is 15.0 Å². The van der Waals surface area contributed by atoms with Gasteiger partial charge in [-0.15, -0.1) is 11.3 Å². The molecule has 0 radical (unpaired) electrons. The van der Waals surface area contributed by atoms with E-state index in [0.29, 0.717) is 31.0 Å². The molecule has 29 heavy (non-hydrogen) atoms. The van der Waals surface area contributed by atoms with E-state index in [-0.39, 0.29) is 11.8 Å². The van der Waals surface area contributed by atoms with Crippen LogP contribution in [0.5, 0.6) is 5.75 Å². The van der Waals surface area contributed by atoms with Crippen LogP contribution in [0.3, 0.4) is 0 Å². The molecule has 3 aromatic rings. The quantitative estimate of drug-likeness (QED) is 0.625. The summed E-state index contributed by atoms with van der Waals surface area (Å²) in [5, 5.41) is 7.11. The molecule has 5 nitrogen and oxygen atoms in total. The number of ether oxygens (including phenoxy) is 1. The molecule has 1 aliphatic rings.